The minimum absolute atomic E-state index is 0.188. The third-order valence-corrected chi connectivity index (χ3v) is 2.09. The van der Waals surface area contributed by atoms with E-state index in [1.165, 1.54) is 6.21 Å². The number of benzene rings is 1. The second-order valence-corrected chi connectivity index (χ2v) is 3.33. The molecule has 2 rings (SSSR count). The predicted molar refractivity (Wildman–Crippen MR) is 67.5 cm³/mol. The number of aromatic nitrogens is 1. The molecule has 0 spiro atoms. The maximum Gasteiger partial charge on any atom is 0.124 e. The zero-order valence-electron chi connectivity index (χ0n) is 9.06. The first-order valence-corrected chi connectivity index (χ1v) is 5.11. The fourth-order valence-corrected chi connectivity index (χ4v) is 1.24. The molecule has 1 aromatic carbocycles. The van der Waals surface area contributed by atoms with E-state index in [9.17, 15) is 5.11 Å². The molecule has 1 N–H and O–H groups in total. The molecule has 17 heavy (non-hydrogen) atoms. The number of hydrogen-bond acceptors (Lipinski definition) is 4. The molecule has 0 amide bonds. The van der Waals surface area contributed by atoms with Crippen molar-refractivity contribution < 1.29 is 5.11 Å². The zero-order valence-corrected chi connectivity index (χ0v) is 9.06. The predicted octanol–water partition coefficient (Wildman–Crippen LogP) is 2.24. The number of nitrogens with zero attached hydrogens (tertiary/aromatic N) is 3. The van der Waals surface area contributed by atoms with E-state index in [4.69, 9.17) is 0 Å². The van der Waals surface area contributed by atoms with Crippen molar-refractivity contribution in [3.63, 3.8) is 0 Å². The fraction of sp³-hybridized carbons (Fsp3) is 0. The third-order valence-electron chi connectivity index (χ3n) is 2.09. The van der Waals surface area contributed by atoms with E-state index in [0.717, 1.165) is 5.56 Å². The lowest BCUT2D eigenvalue weighted by atomic mass is 10.2. The molecular weight excluding hydrogens is 214 g/mol. The van der Waals surface area contributed by atoms with Crippen LogP contribution in [0.25, 0.3) is 0 Å². The molecule has 1 heterocycles. The Bertz CT molecular complexity index is 535. The molecule has 0 fully saturated rings. The molecule has 4 nitrogen and oxygen atoms in total. The number of phenolic OH excluding ortho intramolecular Hbond substituents is 1. The highest BCUT2D eigenvalue weighted by molar-refractivity contribution is 5.84. The topological polar surface area (TPSA) is 57.8 Å². The van der Waals surface area contributed by atoms with Crippen LogP contribution in [-0.4, -0.2) is 22.5 Å². The van der Waals surface area contributed by atoms with Gasteiger partial charge < -0.3 is 5.11 Å². The Hall–Kier alpha value is -2.49. The van der Waals surface area contributed by atoms with E-state index in [0.29, 0.717) is 5.56 Å². The summed E-state index contributed by atoms with van der Waals surface area (Å²) in [6.07, 6.45) is 6.49. The highest BCUT2D eigenvalue weighted by Gasteiger charge is 1.93. The van der Waals surface area contributed by atoms with Gasteiger partial charge in [-0.25, -0.2) is 0 Å². The number of para-hydroxylation sites is 1. The van der Waals surface area contributed by atoms with Gasteiger partial charge in [0.15, 0.2) is 0 Å². The Morgan fingerprint density at radius 2 is 1.82 bits per heavy atom. The molecule has 0 saturated heterocycles. The normalized spacial score (nSPS) is 11.3. The van der Waals surface area contributed by atoms with E-state index in [1.807, 2.05) is 18.2 Å². The molecule has 0 unspecified atom stereocenters. The van der Waals surface area contributed by atoms with Crippen LogP contribution in [-0.2, 0) is 0 Å². The Morgan fingerprint density at radius 3 is 2.59 bits per heavy atom. The summed E-state index contributed by atoms with van der Waals surface area (Å²) in [6, 6.07) is 10.7. The molecule has 0 saturated carbocycles. The summed E-state index contributed by atoms with van der Waals surface area (Å²) >= 11 is 0. The summed E-state index contributed by atoms with van der Waals surface area (Å²) in [6.45, 7) is 0. The quantitative estimate of drug-likeness (QED) is 0.643. The number of rotatable bonds is 3. The Balaban J connectivity index is 2.04. The summed E-state index contributed by atoms with van der Waals surface area (Å²) in [7, 11) is 0. The van der Waals surface area contributed by atoms with E-state index in [1.54, 1.807) is 36.8 Å². The molecule has 2 aromatic rings. The Morgan fingerprint density at radius 1 is 1.00 bits per heavy atom. The number of pyridine rings is 1. The van der Waals surface area contributed by atoms with Crippen LogP contribution in [0, 0.1) is 0 Å². The highest BCUT2D eigenvalue weighted by Crippen LogP contribution is 2.12. The third kappa shape index (κ3) is 3.24. The first-order chi connectivity index (χ1) is 8.36. The van der Waals surface area contributed by atoms with Crippen molar-refractivity contribution in [2.45, 2.75) is 0 Å². The minimum atomic E-state index is 0.188. The highest BCUT2D eigenvalue weighted by atomic mass is 16.3. The molecular formula is C13H11N3O. The van der Waals surface area contributed by atoms with Crippen molar-refractivity contribution in [2.75, 3.05) is 0 Å². The number of aromatic hydroxyl groups is 1. The molecule has 0 aliphatic rings. The average Bonchev–Trinajstić information content (AvgIpc) is 2.38. The van der Waals surface area contributed by atoms with Crippen molar-refractivity contribution in [1.29, 1.82) is 0 Å². The largest absolute Gasteiger partial charge is 0.507 e. The van der Waals surface area contributed by atoms with Gasteiger partial charge in [0.25, 0.3) is 0 Å². The minimum Gasteiger partial charge on any atom is -0.507 e. The Kier molecular flexibility index (Phi) is 3.60. The van der Waals surface area contributed by atoms with Gasteiger partial charge in [-0.3, -0.25) is 4.98 Å². The molecule has 0 radical (unpaired) electrons. The van der Waals surface area contributed by atoms with Crippen molar-refractivity contribution in [2.24, 2.45) is 10.2 Å². The average molecular weight is 225 g/mol. The summed E-state index contributed by atoms with van der Waals surface area (Å²) in [5.74, 6) is 0.188. The van der Waals surface area contributed by atoms with Crippen LogP contribution in [0.1, 0.15) is 11.1 Å². The molecule has 4 heteroatoms. The lowest BCUT2D eigenvalue weighted by Crippen LogP contribution is -1.82. The lowest BCUT2D eigenvalue weighted by Gasteiger charge is -1.94. The fourth-order valence-electron chi connectivity index (χ4n) is 1.24. The van der Waals surface area contributed by atoms with E-state index in [2.05, 4.69) is 15.2 Å². The molecule has 1 aromatic heterocycles. The van der Waals surface area contributed by atoms with E-state index >= 15 is 0 Å². The van der Waals surface area contributed by atoms with Gasteiger partial charge >= 0.3 is 0 Å². The van der Waals surface area contributed by atoms with Gasteiger partial charge in [0.1, 0.15) is 5.75 Å². The van der Waals surface area contributed by atoms with Crippen LogP contribution in [0.3, 0.4) is 0 Å². The van der Waals surface area contributed by atoms with Gasteiger partial charge in [-0.1, -0.05) is 18.2 Å². The molecule has 0 bridgehead atoms. The first kappa shape index (κ1) is 11.0. The van der Waals surface area contributed by atoms with Crippen LogP contribution in [0.2, 0.25) is 0 Å². The van der Waals surface area contributed by atoms with Gasteiger partial charge in [0, 0.05) is 23.5 Å². The molecule has 0 aliphatic carbocycles. The van der Waals surface area contributed by atoms with Gasteiger partial charge in [-0.15, -0.1) is 0 Å². The van der Waals surface area contributed by atoms with Crippen molar-refractivity contribution in [3.8, 4) is 5.75 Å². The number of hydrogen-bond donors (Lipinski definition) is 1. The van der Waals surface area contributed by atoms with Crippen LogP contribution in [0.5, 0.6) is 5.75 Å². The van der Waals surface area contributed by atoms with Crippen molar-refractivity contribution >= 4 is 12.4 Å². The molecule has 84 valence electrons. The van der Waals surface area contributed by atoms with Gasteiger partial charge in [-0.2, -0.15) is 10.2 Å². The van der Waals surface area contributed by atoms with Crippen LogP contribution in [0.15, 0.2) is 59.0 Å². The van der Waals surface area contributed by atoms with Crippen LogP contribution >= 0.6 is 0 Å². The van der Waals surface area contributed by atoms with Gasteiger partial charge in [-0.05, 0) is 18.2 Å². The van der Waals surface area contributed by atoms with Crippen molar-refractivity contribution in [1.82, 2.24) is 4.98 Å². The second-order valence-electron chi connectivity index (χ2n) is 3.33. The smallest absolute Gasteiger partial charge is 0.124 e. The van der Waals surface area contributed by atoms with E-state index < -0.39 is 0 Å². The van der Waals surface area contributed by atoms with Gasteiger partial charge in [0.2, 0.25) is 0 Å². The van der Waals surface area contributed by atoms with Crippen molar-refractivity contribution in [3.05, 3.63) is 59.9 Å². The zero-order chi connectivity index (χ0) is 11.9. The SMILES string of the molecule is Oc1ccccc1/C=N/N=C/c1cccnc1. The summed E-state index contributed by atoms with van der Waals surface area (Å²) < 4.78 is 0. The molecule has 0 atom stereocenters. The number of phenols is 1. The summed E-state index contributed by atoms with van der Waals surface area (Å²) in [4.78, 5) is 3.95. The standard InChI is InChI=1S/C13H11N3O/c17-13-6-2-1-5-12(13)10-16-15-9-11-4-3-7-14-8-11/h1-10,17H/b15-9+,16-10+. The lowest BCUT2D eigenvalue weighted by molar-refractivity contribution is 0.474. The first-order valence-electron chi connectivity index (χ1n) is 5.11. The van der Waals surface area contributed by atoms with Crippen LogP contribution in [0.4, 0.5) is 0 Å². The second kappa shape index (κ2) is 5.55. The van der Waals surface area contributed by atoms with Gasteiger partial charge in [0.05, 0.1) is 12.4 Å². The summed E-state index contributed by atoms with van der Waals surface area (Å²) in [5.41, 5.74) is 1.51. The van der Waals surface area contributed by atoms with Crippen LogP contribution < -0.4 is 0 Å². The Labute approximate surface area is 99.0 Å². The maximum atomic E-state index is 9.47. The maximum absolute atomic E-state index is 9.47. The summed E-state index contributed by atoms with van der Waals surface area (Å²) in [5, 5.41) is 17.2. The monoisotopic (exact) mass is 225 g/mol. The molecule has 0 aliphatic heterocycles. The van der Waals surface area contributed by atoms with E-state index in [-0.39, 0.29) is 5.75 Å².